The summed E-state index contributed by atoms with van der Waals surface area (Å²) in [5, 5.41) is 7.96. The SMILES string of the molecule is CCc1cnc(CCNC(=NCc2ccc(OC)cc2)NCCc2ccco2)s1. The molecule has 2 N–H and O–H groups in total. The van der Waals surface area contributed by atoms with Crippen LogP contribution >= 0.6 is 11.3 Å². The second-order valence-corrected chi connectivity index (χ2v) is 7.72. The molecule has 29 heavy (non-hydrogen) atoms. The van der Waals surface area contributed by atoms with Crippen molar-refractivity contribution >= 4 is 17.3 Å². The molecule has 0 bridgehead atoms. The number of nitrogens with one attached hydrogen (secondary N) is 2. The first-order valence-electron chi connectivity index (χ1n) is 9.88. The molecule has 0 saturated carbocycles. The van der Waals surface area contributed by atoms with Crippen LogP contribution in [0.1, 0.15) is 28.1 Å². The third kappa shape index (κ3) is 6.94. The summed E-state index contributed by atoms with van der Waals surface area (Å²) in [6.45, 7) is 4.28. The fraction of sp³-hybridized carbons (Fsp3) is 0.364. The lowest BCUT2D eigenvalue weighted by molar-refractivity contribution is 0.414. The van der Waals surface area contributed by atoms with Crippen LogP contribution in [-0.2, 0) is 25.8 Å². The summed E-state index contributed by atoms with van der Waals surface area (Å²) in [7, 11) is 1.67. The summed E-state index contributed by atoms with van der Waals surface area (Å²) in [5.41, 5.74) is 1.13. The Morgan fingerprint density at radius 2 is 1.93 bits per heavy atom. The molecule has 0 fully saturated rings. The minimum absolute atomic E-state index is 0.595. The number of hydrogen-bond acceptors (Lipinski definition) is 5. The lowest BCUT2D eigenvalue weighted by Gasteiger charge is -2.12. The standard InChI is InChI=1S/C22H28N4O2S/c1-3-20-16-25-21(29-20)11-13-24-22(23-12-10-19-5-4-14-28-19)26-15-17-6-8-18(27-2)9-7-17/h4-9,14,16H,3,10-13,15H2,1-2H3,(H2,23,24,26). The molecule has 0 unspecified atom stereocenters. The number of thiazole rings is 1. The smallest absolute Gasteiger partial charge is 0.191 e. The Kier molecular flexibility index (Phi) is 8.12. The molecule has 2 aromatic heterocycles. The van der Waals surface area contributed by atoms with Crippen molar-refractivity contribution in [3.05, 3.63) is 70.1 Å². The van der Waals surface area contributed by atoms with E-state index in [1.54, 1.807) is 24.7 Å². The van der Waals surface area contributed by atoms with E-state index >= 15 is 0 Å². The van der Waals surface area contributed by atoms with Crippen molar-refractivity contribution in [1.82, 2.24) is 15.6 Å². The van der Waals surface area contributed by atoms with E-state index in [1.807, 2.05) is 42.6 Å². The van der Waals surface area contributed by atoms with Gasteiger partial charge in [-0.3, -0.25) is 0 Å². The molecule has 2 heterocycles. The molecule has 0 aliphatic heterocycles. The van der Waals surface area contributed by atoms with Crippen molar-refractivity contribution in [2.45, 2.75) is 32.7 Å². The first kappa shape index (κ1) is 20.9. The summed E-state index contributed by atoms with van der Waals surface area (Å²) in [5.74, 6) is 2.60. The highest BCUT2D eigenvalue weighted by atomic mass is 32.1. The molecule has 0 atom stereocenters. The second kappa shape index (κ2) is 11.3. The molecule has 0 amide bonds. The molecular formula is C22H28N4O2S. The molecule has 0 aliphatic carbocycles. The number of guanidine groups is 1. The molecule has 3 rings (SSSR count). The quantitative estimate of drug-likeness (QED) is 0.391. The van der Waals surface area contributed by atoms with E-state index in [4.69, 9.17) is 14.1 Å². The maximum Gasteiger partial charge on any atom is 0.191 e. The number of ether oxygens (including phenoxy) is 1. The van der Waals surface area contributed by atoms with Crippen molar-refractivity contribution in [1.29, 1.82) is 0 Å². The van der Waals surface area contributed by atoms with Gasteiger partial charge in [0, 0.05) is 37.0 Å². The maximum atomic E-state index is 5.40. The fourth-order valence-electron chi connectivity index (χ4n) is 2.75. The van der Waals surface area contributed by atoms with E-state index in [0.29, 0.717) is 6.54 Å². The van der Waals surface area contributed by atoms with Gasteiger partial charge in [-0.05, 0) is 36.2 Å². The zero-order chi connectivity index (χ0) is 20.3. The summed E-state index contributed by atoms with van der Waals surface area (Å²) in [6.07, 6.45) is 6.40. The van der Waals surface area contributed by atoms with Gasteiger partial charge in [0.2, 0.25) is 0 Å². The number of methoxy groups -OCH3 is 1. The van der Waals surface area contributed by atoms with Crippen LogP contribution in [0, 0.1) is 0 Å². The first-order chi connectivity index (χ1) is 14.3. The number of nitrogens with zero attached hydrogens (tertiary/aromatic N) is 2. The number of aliphatic imine (C=N–C) groups is 1. The van der Waals surface area contributed by atoms with Crippen LogP contribution in [0.15, 0.2) is 58.3 Å². The number of hydrogen-bond donors (Lipinski definition) is 2. The van der Waals surface area contributed by atoms with E-state index in [9.17, 15) is 0 Å². The summed E-state index contributed by atoms with van der Waals surface area (Å²) < 4.78 is 10.6. The van der Waals surface area contributed by atoms with Gasteiger partial charge in [-0.1, -0.05) is 19.1 Å². The fourth-order valence-corrected chi connectivity index (χ4v) is 3.61. The Hall–Kier alpha value is -2.80. The molecule has 6 nitrogen and oxygen atoms in total. The Morgan fingerprint density at radius 3 is 2.59 bits per heavy atom. The average Bonchev–Trinajstić information content (AvgIpc) is 3.44. The molecule has 0 radical (unpaired) electrons. The van der Waals surface area contributed by atoms with Gasteiger partial charge >= 0.3 is 0 Å². The van der Waals surface area contributed by atoms with Gasteiger partial charge in [-0.15, -0.1) is 11.3 Å². The number of rotatable bonds is 10. The highest BCUT2D eigenvalue weighted by Crippen LogP contribution is 2.13. The molecule has 7 heteroatoms. The van der Waals surface area contributed by atoms with E-state index in [0.717, 1.165) is 60.4 Å². The lowest BCUT2D eigenvalue weighted by atomic mass is 10.2. The topological polar surface area (TPSA) is 71.7 Å². The number of aromatic nitrogens is 1. The van der Waals surface area contributed by atoms with Crippen LogP contribution in [0.25, 0.3) is 0 Å². The van der Waals surface area contributed by atoms with E-state index in [-0.39, 0.29) is 0 Å². The zero-order valence-corrected chi connectivity index (χ0v) is 17.8. The monoisotopic (exact) mass is 412 g/mol. The minimum Gasteiger partial charge on any atom is -0.497 e. The largest absolute Gasteiger partial charge is 0.497 e. The van der Waals surface area contributed by atoms with Crippen molar-refractivity contribution in [3.8, 4) is 5.75 Å². The highest BCUT2D eigenvalue weighted by Gasteiger charge is 2.04. The molecule has 0 spiro atoms. The Bertz CT molecular complexity index is 873. The number of furan rings is 1. The van der Waals surface area contributed by atoms with Gasteiger partial charge in [0.05, 0.1) is 24.9 Å². The predicted molar refractivity (Wildman–Crippen MR) is 118 cm³/mol. The van der Waals surface area contributed by atoms with Gasteiger partial charge in [-0.2, -0.15) is 0 Å². The van der Waals surface area contributed by atoms with Gasteiger partial charge < -0.3 is 19.8 Å². The molecular weight excluding hydrogens is 384 g/mol. The molecule has 154 valence electrons. The van der Waals surface area contributed by atoms with E-state index < -0.39 is 0 Å². The predicted octanol–water partition coefficient (Wildman–Crippen LogP) is 3.83. The van der Waals surface area contributed by atoms with Crippen molar-refractivity contribution in [2.24, 2.45) is 4.99 Å². The van der Waals surface area contributed by atoms with E-state index in [1.165, 1.54) is 4.88 Å². The Morgan fingerprint density at radius 1 is 1.14 bits per heavy atom. The second-order valence-electron chi connectivity index (χ2n) is 6.52. The van der Waals surface area contributed by atoms with Gasteiger partial charge in [-0.25, -0.2) is 9.98 Å². The van der Waals surface area contributed by atoms with Crippen LogP contribution in [0.5, 0.6) is 5.75 Å². The van der Waals surface area contributed by atoms with E-state index in [2.05, 4.69) is 22.5 Å². The summed E-state index contributed by atoms with van der Waals surface area (Å²) >= 11 is 1.78. The van der Waals surface area contributed by atoms with Crippen LogP contribution in [-0.4, -0.2) is 31.1 Å². The van der Waals surface area contributed by atoms with Crippen LogP contribution in [0.3, 0.4) is 0 Å². The Labute approximate surface area is 176 Å². The maximum absolute atomic E-state index is 5.40. The van der Waals surface area contributed by atoms with Crippen LogP contribution < -0.4 is 15.4 Å². The third-order valence-corrected chi connectivity index (χ3v) is 5.61. The molecule has 0 aliphatic rings. The number of aryl methyl sites for hydroxylation is 1. The van der Waals surface area contributed by atoms with Gasteiger partial charge in [0.15, 0.2) is 5.96 Å². The lowest BCUT2D eigenvalue weighted by Crippen LogP contribution is -2.39. The van der Waals surface area contributed by atoms with Crippen LogP contribution in [0.4, 0.5) is 0 Å². The van der Waals surface area contributed by atoms with Gasteiger partial charge in [0.1, 0.15) is 11.5 Å². The summed E-state index contributed by atoms with van der Waals surface area (Å²) in [4.78, 5) is 10.5. The minimum atomic E-state index is 0.595. The molecule has 0 saturated heterocycles. The first-order valence-corrected chi connectivity index (χ1v) is 10.7. The normalized spacial score (nSPS) is 11.4. The average molecular weight is 413 g/mol. The Balaban J connectivity index is 1.54. The molecule has 1 aromatic carbocycles. The van der Waals surface area contributed by atoms with Crippen molar-refractivity contribution in [2.75, 3.05) is 20.2 Å². The van der Waals surface area contributed by atoms with Crippen LogP contribution in [0.2, 0.25) is 0 Å². The van der Waals surface area contributed by atoms with Gasteiger partial charge in [0.25, 0.3) is 0 Å². The molecule has 3 aromatic rings. The van der Waals surface area contributed by atoms with Crippen molar-refractivity contribution in [3.63, 3.8) is 0 Å². The zero-order valence-electron chi connectivity index (χ0n) is 17.0. The summed E-state index contributed by atoms with van der Waals surface area (Å²) in [6, 6.07) is 11.9. The van der Waals surface area contributed by atoms with Crippen molar-refractivity contribution < 1.29 is 9.15 Å². The number of benzene rings is 1. The highest BCUT2D eigenvalue weighted by molar-refractivity contribution is 7.11. The third-order valence-electron chi connectivity index (χ3n) is 4.40.